The molecule has 31 heavy (non-hydrogen) atoms. The normalized spacial score (nSPS) is 30.0. The van der Waals surface area contributed by atoms with Gasteiger partial charge in [0.15, 0.2) is 0 Å². The zero-order valence-electron chi connectivity index (χ0n) is 17.9. The van der Waals surface area contributed by atoms with Crippen molar-refractivity contribution in [3.8, 4) is 5.75 Å². The lowest BCUT2D eigenvalue weighted by Crippen LogP contribution is -2.53. The summed E-state index contributed by atoms with van der Waals surface area (Å²) in [5.74, 6) is 0.670. The summed E-state index contributed by atoms with van der Waals surface area (Å²) in [6.45, 7) is 2.24. The highest BCUT2D eigenvalue weighted by Gasteiger charge is 2.39. The van der Waals surface area contributed by atoms with E-state index < -0.39 is 11.2 Å². The summed E-state index contributed by atoms with van der Waals surface area (Å²) in [5.41, 5.74) is -0.600. The van der Waals surface area contributed by atoms with Crippen molar-refractivity contribution >= 4 is 0 Å². The van der Waals surface area contributed by atoms with Crippen LogP contribution in [0.15, 0.2) is 54.6 Å². The van der Waals surface area contributed by atoms with E-state index in [-0.39, 0.29) is 19.0 Å². The number of aliphatic hydroxyl groups is 2. The number of hydrogen-bond acceptors (Lipinski definition) is 5. The Bertz CT molecular complexity index is 823. The van der Waals surface area contributed by atoms with E-state index in [1.54, 1.807) is 12.1 Å². The summed E-state index contributed by atoms with van der Waals surface area (Å²) in [6.07, 6.45) is 3.41. The highest BCUT2D eigenvalue weighted by atomic mass is 19.1. The van der Waals surface area contributed by atoms with Crippen LogP contribution in [0.4, 0.5) is 4.39 Å². The first-order chi connectivity index (χ1) is 14.9. The highest BCUT2D eigenvalue weighted by molar-refractivity contribution is 5.22. The Balaban J connectivity index is 1.32. The molecule has 0 spiro atoms. The first-order valence-corrected chi connectivity index (χ1v) is 11.1. The van der Waals surface area contributed by atoms with Gasteiger partial charge in [0, 0.05) is 19.6 Å². The van der Waals surface area contributed by atoms with Crippen LogP contribution in [-0.2, 0) is 4.74 Å². The standard InChI is InChI=1S/C25H32FNO4/c26-22-6-8-23(9-7-22)31-19-25(29)17-27(14-15-30-18-25)16-24(28)12-10-21(11-13-24)20-4-2-1-3-5-20/h1-9,21,28-29H,10-19H2/t21?,24?,25-/m0/s1. The van der Waals surface area contributed by atoms with E-state index in [1.165, 1.54) is 17.7 Å². The Labute approximate surface area is 183 Å². The van der Waals surface area contributed by atoms with Crippen LogP contribution in [-0.4, -0.2) is 65.8 Å². The van der Waals surface area contributed by atoms with Crippen LogP contribution in [0.1, 0.15) is 37.2 Å². The second-order valence-electron chi connectivity index (χ2n) is 9.14. The predicted octanol–water partition coefficient (Wildman–Crippen LogP) is 3.36. The summed E-state index contributed by atoms with van der Waals surface area (Å²) in [5, 5.41) is 22.3. The summed E-state index contributed by atoms with van der Waals surface area (Å²) < 4.78 is 24.4. The zero-order chi connectivity index (χ0) is 21.7. The fraction of sp³-hybridized carbons (Fsp3) is 0.520. The van der Waals surface area contributed by atoms with Gasteiger partial charge in [-0.15, -0.1) is 0 Å². The molecule has 1 heterocycles. The van der Waals surface area contributed by atoms with Gasteiger partial charge in [0.05, 0.1) is 18.8 Å². The Morgan fingerprint density at radius 1 is 1.00 bits per heavy atom. The first-order valence-electron chi connectivity index (χ1n) is 11.1. The molecular weight excluding hydrogens is 397 g/mol. The van der Waals surface area contributed by atoms with Gasteiger partial charge in [-0.25, -0.2) is 4.39 Å². The van der Waals surface area contributed by atoms with Gasteiger partial charge < -0.3 is 19.7 Å². The molecule has 4 rings (SSSR count). The molecule has 1 aliphatic carbocycles. The molecule has 0 amide bonds. The molecule has 1 aliphatic heterocycles. The maximum atomic E-state index is 13.1. The predicted molar refractivity (Wildman–Crippen MR) is 117 cm³/mol. The van der Waals surface area contributed by atoms with E-state index in [9.17, 15) is 14.6 Å². The first kappa shape index (κ1) is 22.2. The molecule has 5 nitrogen and oxygen atoms in total. The molecule has 0 bridgehead atoms. The summed E-state index contributed by atoms with van der Waals surface area (Å²) >= 11 is 0. The average Bonchev–Trinajstić information content (AvgIpc) is 2.95. The van der Waals surface area contributed by atoms with Crippen LogP contribution in [0.2, 0.25) is 0 Å². The molecule has 2 aliphatic rings. The molecule has 1 atom stereocenters. The number of rotatable bonds is 6. The molecule has 6 heteroatoms. The minimum absolute atomic E-state index is 0.0453. The van der Waals surface area contributed by atoms with Crippen molar-refractivity contribution in [1.29, 1.82) is 0 Å². The van der Waals surface area contributed by atoms with E-state index in [0.29, 0.717) is 37.9 Å². The Hall–Kier alpha value is -1.99. The van der Waals surface area contributed by atoms with E-state index >= 15 is 0 Å². The minimum atomic E-state index is -1.19. The third kappa shape index (κ3) is 6.04. The van der Waals surface area contributed by atoms with Crippen LogP contribution in [0.25, 0.3) is 0 Å². The molecule has 2 aromatic rings. The van der Waals surface area contributed by atoms with Crippen molar-refractivity contribution in [3.05, 3.63) is 66.0 Å². The molecule has 2 N–H and O–H groups in total. The van der Waals surface area contributed by atoms with Gasteiger partial charge in [0.1, 0.15) is 23.8 Å². The van der Waals surface area contributed by atoms with Crippen molar-refractivity contribution in [2.24, 2.45) is 0 Å². The van der Waals surface area contributed by atoms with Crippen molar-refractivity contribution in [3.63, 3.8) is 0 Å². The van der Waals surface area contributed by atoms with Gasteiger partial charge in [-0.05, 0) is 61.4 Å². The largest absolute Gasteiger partial charge is 0.490 e. The molecule has 1 saturated carbocycles. The second-order valence-corrected chi connectivity index (χ2v) is 9.14. The number of β-amino-alcohol motifs (C(OH)–C–C–N with tert-alkyl or cyclic N) is 2. The number of hydrogen-bond donors (Lipinski definition) is 2. The molecule has 0 radical (unpaired) electrons. The van der Waals surface area contributed by atoms with Gasteiger partial charge in [-0.2, -0.15) is 0 Å². The van der Waals surface area contributed by atoms with Crippen molar-refractivity contribution in [1.82, 2.24) is 4.90 Å². The Morgan fingerprint density at radius 2 is 1.71 bits per heavy atom. The lowest BCUT2D eigenvalue weighted by atomic mass is 9.76. The lowest BCUT2D eigenvalue weighted by molar-refractivity contribution is -0.0766. The van der Waals surface area contributed by atoms with Crippen LogP contribution in [0, 0.1) is 5.82 Å². The van der Waals surface area contributed by atoms with Gasteiger partial charge in [-0.1, -0.05) is 30.3 Å². The van der Waals surface area contributed by atoms with Crippen LogP contribution in [0.5, 0.6) is 5.75 Å². The van der Waals surface area contributed by atoms with E-state index in [0.717, 1.165) is 25.7 Å². The van der Waals surface area contributed by atoms with Gasteiger partial charge >= 0.3 is 0 Å². The summed E-state index contributed by atoms with van der Waals surface area (Å²) in [4.78, 5) is 2.09. The molecule has 0 aromatic heterocycles. The molecule has 2 fully saturated rings. The fourth-order valence-electron chi connectivity index (χ4n) is 4.76. The van der Waals surface area contributed by atoms with E-state index in [1.807, 2.05) is 6.07 Å². The van der Waals surface area contributed by atoms with Crippen LogP contribution >= 0.6 is 0 Å². The maximum Gasteiger partial charge on any atom is 0.134 e. The molecule has 2 aromatic carbocycles. The van der Waals surface area contributed by atoms with Crippen LogP contribution in [0.3, 0.4) is 0 Å². The smallest absolute Gasteiger partial charge is 0.134 e. The average molecular weight is 430 g/mol. The zero-order valence-corrected chi connectivity index (χ0v) is 17.9. The van der Waals surface area contributed by atoms with Gasteiger partial charge in [0.2, 0.25) is 0 Å². The summed E-state index contributed by atoms with van der Waals surface area (Å²) in [6, 6.07) is 16.3. The number of nitrogens with zero attached hydrogens (tertiary/aromatic N) is 1. The monoisotopic (exact) mass is 429 g/mol. The van der Waals surface area contributed by atoms with E-state index in [4.69, 9.17) is 9.47 Å². The van der Waals surface area contributed by atoms with Gasteiger partial charge in [0.25, 0.3) is 0 Å². The lowest BCUT2D eigenvalue weighted by Gasteiger charge is -2.40. The molecular formula is C25H32FNO4. The number of benzene rings is 2. The van der Waals surface area contributed by atoms with Crippen molar-refractivity contribution < 1.29 is 24.1 Å². The molecule has 168 valence electrons. The summed E-state index contributed by atoms with van der Waals surface area (Å²) in [7, 11) is 0. The second kappa shape index (κ2) is 9.65. The maximum absolute atomic E-state index is 13.1. The van der Waals surface area contributed by atoms with Crippen molar-refractivity contribution in [2.75, 3.05) is 39.5 Å². The number of ether oxygens (including phenoxy) is 2. The van der Waals surface area contributed by atoms with Gasteiger partial charge in [-0.3, -0.25) is 4.90 Å². The quantitative estimate of drug-likeness (QED) is 0.737. The fourth-order valence-corrected chi connectivity index (χ4v) is 4.76. The SMILES string of the molecule is OC1(CN2CCOC[C@](O)(COc3ccc(F)cc3)C2)CCC(c2ccccc2)CC1. The van der Waals surface area contributed by atoms with Crippen molar-refractivity contribution in [2.45, 2.75) is 42.8 Å². The van der Waals surface area contributed by atoms with E-state index in [2.05, 4.69) is 29.2 Å². The Kier molecular flexibility index (Phi) is 6.92. The number of halogens is 1. The third-order valence-electron chi connectivity index (χ3n) is 6.47. The minimum Gasteiger partial charge on any atom is -0.490 e. The topological polar surface area (TPSA) is 62.2 Å². The molecule has 0 unspecified atom stereocenters. The highest BCUT2D eigenvalue weighted by Crippen LogP contribution is 2.38. The van der Waals surface area contributed by atoms with Crippen LogP contribution < -0.4 is 4.74 Å². The molecule has 1 saturated heterocycles. The third-order valence-corrected chi connectivity index (χ3v) is 6.47. The Morgan fingerprint density at radius 3 is 2.42 bits per heavy atom.